The summed E-state index contributed by atoms with van der Waals surface area (Å²) in [7, 11) is 0. The molecule has 0 bridgehead atoms. The molecule has 0 spiro atoms. The van der Waals surface area contributed by atoms with Gasteiger partial charge in [-0.15, -0.1) is 0 Å². The standard InChI is InChI=1S/C28H33NO5/c1-3-4-5-6-7-8-9-10-19-32-24-17-13-23(14-18-24)27-29-26(28(31)34-27)20-22-11-15-25(16-12-22)33-21(2)30/h11-18,20H,3-10,19H2,1-2H3/b26-20-. The average molecular weight is 464 g/mol. The maximum absolute atomic E-state index is 12.2. The first kappa shape index (κ1) is 25.2. The summed E-state index contributed by atoms with van der Waals surface area (Å²) < 4.78 is 16.2. The van der Waals surface area contributed by atoms with Crippen LogP contribution in [0.1, 0.15) is 76.3 Å². The van der Waals surface area contributed by atoms with Gasteiger partial charge in [0, 0.05) is 12.5 Å². The monoisotopic (exact) mass is 463 g/mol. The van der Waals surface area contributed by atoms with Gasteiger partial charge in [0.05, 0.1) is 6.61 Å². The predicted octanol–water partition coefficient (Wildman–Crippen LogP) is 6.48. The third-order valence-corrected chi connectivity index (χ3v) is 5.43. The molecule has 34 heavy (non-hydrogen) atoms. The number of ether oxygens (including phenoxy) is 3. The molecule has 0 N–H and O–H groups in total. The molecule has 1 aliphatic rings. The molecule has 0 aromatic heterocycles. The van der Waals surface area contributed by atoms with E-state index in [0.29, 0.717) is 17.9 Å². The largest absolute Gasteiger partial charge is 0.494 e. The van der Waals surface area contributed by atoms with Gasteiger partial charge in [-0.1, -0.05) is 64.0 Å². The normalized spacial score (nSPS) is 14.1. The summed E-state index contributed by atoms with van der Waals surface area (Å²) in [6.07, 6.45) is 11.8. The van der Waals surface area contributed by atoms with Crippen molar-refractivity contribution in [3.63, 3.8) is 0 Å². The number of benzene rings is 2. The first-order valence-electron chi connectivity index (χ1n) is 12.1. The van der Waals surface area contributed by atoms with Crippen LogP contribution in [0.5, 0.6) is 11.5 Å². The minimum Gasteiger partial charge on any atom is -0.494 e. The Morgan fingerprint density at radius 1 is 0.882 bits per heavy atom. The van der Waals surface area contributed by atoms with Crippen LogP contribution in [0.3, 0.4) is 0 Å². The summed E-state index contributed by atoms with van der Waals surface area (Å²) in [4.78, 5) is 27.6. The molecule has 6 nitrogen and oxygen atoms in total. The Kier molecular flexibility index (Phi) is 9.89. The zero-order valence-corrected chi connectivity index (χ0v) is 20.0. The Labute approximate surface area is 201 Å². The Bertz CT molecular complexity index is 1010. The smallest absolute Gasteiger partial charge is 0.363 e. The lowest BCUT2D eigenvalue weighted by Crippen LogP contribution is -2.05. The Hall–Kier alpha value is -3.41. The van der Waals surface area contributed by atoms with Crippen LogP contribution in [0.15, 0.2) is 59.2 Å². The second kappa shape index (κ2) is 13.3. The molecule has 180 valence electrons. The van der Waals surface area contributed by atoms with Crippen molar-refractivity contribution in [1.82, 2.24) is 0 Å². The van der Waals surface area contributed by atoms with E-state index in [9.17, 15) is 9.59 Å². The number of nitrogens with zero attached hydrogens (tertiary/aromatic N) is 1. The highest BCUT2D eigenvalue weighted by Crippen LogP contribution is 2.22. The van der Waals surface area contributed by atoms with E-state index in [4.69, 9.17) is 14.2 Å². The van der Waals surface area contributed by atoms with Crippen molar-refractivity contribution in [3.05, 3.63) is 65.4 Å². The summed E-state index contributed by atoms with van der Waals surface area (Å²) in [5, 5.41) is 0. The first-order valence-corrected chi connectivity index (χ1v) is 12.1. The fourth-order valence-electron chi connectivity index (χ4n) is 3.61. The molecule has 0 amide bonds. The average Bonchev–Trinajstić information content (AvgIpc) is 3.19. The number of hydrogen-bond acceptors (Lipinski definition) is 6. The molecule has 2 aromatic carbocycles. The van der Waals surface area contributed by atoms with Gasteiger partial charge in [-0.25, -0.2) is 9.79 Å². The lowest BCUT2D eigenvalue weighted by molar-refractivity contribution is -0.132. The quantitative estimate of drug-likeness (QED) is 0.147. The van der Waals surface area contributed by atoms with Crippen molar-refractivity contribution in [2.45, 2.75) is 65.2 Å². The maximum Gasteiger partial charge on any atom is 0.363 e. The van der Waals surface area contributed by atoms with E-state index in [2.05, 4.69) is 11.9 Å². The maximum atomic E-state index is 12.2. The summed E-state index contributed by atoms with van der Waals surface area (Å²) in [6.45, 7) is 4.28. The topological polar surface area (TPSA) is 74.2 Å². The van der Waals surface area contributed by atoms with Crippen molar-refractivity contribution in [2.24, 2.45) is 4.99 Å². The number of hydrogen-bond donors (Lipinski definition) is 0. The zero-order chi connectivity index (χ0) is 24.2. The van der Waals surface area contributed by atoms with Crippen molar-refractivity contribution in [1.29, 1.82) is 0 Å². The van der Waals surface area contributed by atoms with Gasteiger partial charge >= 0.3 is 11.9 Å². The van der Waals surface area contributed by atoms with Crippen LogP contribution >= 0.6 is 0 Å². The fraction of sp³-hybridized carbons (Fsp3) is 0.393. The predicted molar refractivity (Wildman–Crippen MR) is 133 cm³/mol. The Morgan fingerprint density at radius 2 is 1.50 bits per heavy atom. The van der Waals surface area contributed by atoms with Crippen LogP contribution in [0.2, 0.25) is 0 Å². The van der Waals surface area contributed by atoms with Gasteiger partial charge in [0.25, 0.3) is 0 Å². The molecule has 0 unspecified atom stereocenters. The van der Waals surface area contributed by atoms with Crippen LogP contribution < -0.4 is 9.47 Å². The molecule has 0 saturated heterocycles. The highest BCUT2D eigenvalue weighted by Gasteiger charge is 2.24. The van der Waals surface area contributed by atoms with Crippen LogP contribution in [-0.4, -0.2) is 24.4 Å². The molecule has 1 aliphatic heterocycles. The van der Waals surface area contributed by atoms with Gasteiger partial charge in [0.2, 0.25) is 5.90 Å². The second-order valence-corrected chi connectivity index (χ2v) is 8.35. The van der Waals surface area contributed by atoms with E-state index in [-0.39, 0.29) is 17.6 Å². The van der Waals surface area contributed by atoms with E-state index in [1.807, 2.05) is 24.3 Å². The minimum atomic E-state index is -0.505. The molecule has 3 rings (SSSR count). The highest BCUT2D eigenvalue weighted by molar-refractivity contribution is 6.12. The first-order chi connectivity index (χ1) is 16.5. The van der Waals surface area contributed by atoms with E-state index in [1.165, 1.54) is 51.9 Å². The highest BCUT2D eigenvalue weighted by atomic mass is 16.6. The molecule has 0 saturated carbocycles. The van der Waals surface area contributed by atoms with E-state index in [0.717, 1.165) is 17.7 Å². The number of carbonyl (C=O) groups excluding carboxylic acids is 2. The number of cyclic esters (lactones) is 1. The number of esters is 2. The molecular weight excluding hydrogens is 430 g/mol. The summed E-state index contributed by atoms with van der Waals surface area (Å²) in [5.74, 6) is 0.610. The lowest BCUT2D eigenvalue weighted by Gasteiger charge is -2.07. The van der Waals surface area contributed by atoms with E-state index in [1.54, 1.807) is 30.3 Å². The van der Waals surface area contributed by atoms with Crippen molar-refractivity contribution in [3.8, 4) is 11.5 Å². The number of aliphatic imine (C=N–C) groups is 1. The molecule has 0 atom stereocenters. The minimum absolute atomic E-state index is 0.213. The Balaban J connectivity index is 1.47. The van der Waals surface area contributed by atoms with Gasteiger partial charge < -0.3 is 14.2 Å². The van der Waals surface area contributed by atoms with Crippen molar-refractivity contribution >= 4 is 23.9 Å². The Morgan fingerprint density at radius 3 is 2.15 bits per heavy atom. The van der Waals surface area contributed by atoms with Crippen molar-refractivity contribution < 1.29 is 23.8 Å². The third-order valence-electron chi connectivity index (χ3n) is 5.43. The summed E-state index contributed by atoms with van der Waals surface area (Å²) in [5.41, 5.74) is 1.67. The molecule has 1 heterocycles. The van der Waals surface area contributed by atoms with Crippen LogP contribution in [-0.2, 0) is 14.3 Å². The number of rotatable bonds is 13. The molecular formula is C28H33NO5. The van der Waals surface area contributed by atoms with Crippen LogP contribution in [0, 0.1) is 0 Å². The molecule has 6 heteroatoms. The summed E-state index contributed by atoms with van der Waals surface area (Å²) in [6, 6.07) is 14.2. The fourth-order valence-corrected chi connectivity index (χ4v) is 3.61. The van der Waals surface area contributed by atoms with E-state index < -0.39 is 5.97 Å². The second-order valence-electron chi connectivity index (χ2n) is 8.35. The molecule has 2 aromatic rings. The molecule has 0 fully saturated rings. The van der Waals surface area contributed by atoms with Crippen LogP contribution in [0.25, 0.3) is 6.08 Å². The number of unbranched alkanes of at least 4 members (excludes halogenated alkanes) is 7. The lowest BCUT2D eigenvalue weighted by atomic mass is 10.1. The zero-order valence-electron chi connectivity index (χ0n) is 20.0. The van der Waals surface area contributed by atoms with Crippen molar-refractivity contribution in [2.75, 3.05) is 6.61 Å². The van der Waals surface area contributed by atoms with Gasteiger partial charge in [-0.05, 0) is 54.5 Å². The van der Waals surface area contributed by atoms with Gasteiger partial charge in [0.15, 0.2) is 5.70 Å². The van der Waals surface area contributed by atoms with Gasteiger partial charge in [0.1, 0.15) is 11.5 Å². The van der Waals surface area contributed by atoms with E-state index >= 15 is 0 Å². The number of carbonyl (C=O) groups is 2. The van der Waals surface area contributed by atoms with Crippen LogP contribution in [0.4, 0.5) is 0 Å². The molecule has 0 aliphatic carbocycles. The third kappa shape index (κ3) is 8.18. The molecule has 0 radical (unpaired) electrons. The SMILES string of the molecule is CCCCCCCCCCOc1ccc(C2=N/C(=C\c3ccc(OC(C)=O)cc3)C(=O)O2)cc1. The van der Waals surface area contributed by atoms with Gasteiger partial charge in [-0.2, -0.15) is 0 Å². The van der Waals surface area contributed by atoms with Gasteiger partial charge in [-0.3, -0.25) is 4.79 Å². The summed E-state index contributed by atoms with van der Waals surface area (Å²) >= 11 is 0.